The van der Waals surface area contributed by atoms with Crippen molar-refractivity contribution >= 4 is 11.6 Å². The fourth-order valence-electron chi connectivity index (χ4n) is 1.60. The van der Waals surface area contributed by atoms with Crippen molar-refractivity contribution in [2.45, 2.75) is 6.42 Å². The van der Waals surface area contributed by atoms with Gasteiger partial charge in [-0.3, -0.25) is 4.79 Å². The normalized spacial score (nSPS) is 10.2. The number of carbonyl (C=O) groups excluding carboxylic acids is 1. The summed E-state index contributed by atoms with van der Waals surface area (Å²) in [6.07, 6.45) is -0.144. The summed E-state index contributed by atoms with van der Waals surface area (Å²) in [7, 11) is 0. The summed E-state index contributed by atoms with van der Waals surface area (Å²) in [6.45, 7) is 0. The second kappa shape index (κ2) is 5.48. The average Bonchev–Trinajstić information content (AvgIpc) is 2.37. The van der Waals surface area contributed by atoms with Crippen molar-refractivity contribution in [1.29, 1.82) is 0 Å². The Bertz CT molecular complexity index is 614. The lowest BCUT2D eigenvalue weighted by molar-refractivity contribution is -0.115. The lowest BCUT2D eigenvalue weighted by Crippen LogP contribution is -2.15. The van der Waals surface area contributed by atoms with Gasteiger partial charge in [-0.05, 0) is 23.8 Å². The number of hydrogen-bond donors (Lipinski definition) is 2. The Kier molecular flexibility index (Phi) is 3.75. The Morgan fingerprint density at radius 1 is 1.11 bits per heavy atom. The number of hydrogen-bond acceptors (Lipinski definition) is 2. The maximum Gasteiger partial charge on any atom is 0.228 e. The van der Waals surface area contributed by atoms with Crippen molar-refractivity contribution in [2.75, 3.05) is 5.32 Å². The molecule has 0 unspecified atom stereocenters. The number of phenols is 1. The van der Waals surface area contributed by atoms with E-state index in [2.05, 4.69) is 5.32 Å². The maximum atomic E-state index is 13.3. The topological polar surface area (TPSA) is 49.3 Å². The molecular formula is C14H11F2NO2. The number of carbonyl (C=O) groups is 1. The van der Waals surface area contributed by atoms with Gasteiger partial charge in [0.1, 0.15) is 5.82 Å². The zero-order valence-corrected chi connectivity index (χ0v) is 9.86. The smallest absolute Gasteiger partial charge is 0.228 e. The molecule has 0 radical (unpaired) electrons. The third kappa shape index (κ3) is 3.28. The van der Waals surface area contributed by atoms with Crippen LogP contribution in [0.25, 0.3) is 0 Å². The van der Waals surface area contributed by atoms with Crippen LogP contribution >= 0.6 is 0 Å². The summed E-state index contributed by atoms with van der Waals surface area (Å²) in [6, 6.07) is 9.42. The predicted octanol–water partition coefficient (Wildman–Crippen LogP) is 2.85. The molecular weight excluding hydrogens is 252 g/mol. The van der Waals surface area contributed by atoms with Crippen LogP contribution in [0.4, 0.5) is 14.5 Å². The molecule has 0 aliphatic carbocycles. The van der Waals surface area contributed by atoms with E-state index in [4.69, 9.17) is 5.11 Å². The molecule has 2 N–H and O–H groups in total. The second-order valence-electron chi connectivity index (χ2n) is 3.98. The van der Waals surface area contributed by atoms with Crippen molar-refractivity contribution in [2.24, 2.45) is 0 Å². The van der Waals surface area contributed by atoms with E-state index in [0.717, 1.165) is 12.1 Å². The lowest BCUT2D eigenvalue weighted by Gasteiger charge is -2.06. The van der Waals surface area contributed by atoms with Crippen LogP contribution in [0.2, 0.25) is 0 Å². The largest absolute Gasteiger partial charge is 0.505 e. The minimum Gasteiger partial charge on any atom is -0.505 e. The standard InChI is InChI=1S/C14H11F2NO2/c15-11-4-2-1-3-9(11)7-14(19)17-10-5-6-13(18)12(16)8-10/h1-6,8,18H,7H2,(H,17,19). The first-order valence-electron chi connectivity index (χ1n) is 5.58. The van der Waals surface area contributed by atoms with Crippen LogP contribution in [0.3, 0.4) is 0 Å². The van der Waals surface area contributed by atoms with Crippen LogP contribution in [0.5, 0.6) is 5.75 Å². The molecule has 2 rings (SSSR count). The van der Waals surface area contributed by atoms with Gasteiger partial charge in [-0.15, -0.1) is 0 Å². The fraction of sp³-hybridized carbons (Fsp3) is 0.0714. The molecule has 0 fully saturated rings. The van der Waals surface area contributed by atoms with Gasteiger partial charge in [0, 0.05) is 11.8 Å². The molecule has 0 heterocycles. The van der Waals surface area contributed by atoms with Crippen molar-refractivity contribution < 1.29 is 18.7 Å². The van der Waals surface area contributed by atoms with Crippen molar-refractivity contribution in [3.05, 3.63) is 59.7 Å². The number of nitrogens with one attached hydrogen (secondary N) is 1. The Balaban J connectivity index is 2.05. The number of anilines is 1. The molecule has 0 aliphatic rings. The maximum absolute atomic E-state index is 13.3. The van der Waals surface area contributed by atoms with Crippen LogP contribution in [-0.4, -0.2) is 11.0 Å². The van der Waals surface area contributed by atoms with Crippen molar-refractivity contribution in [3.63, 3.8) is 0 Å². The minimum absolute atomic E-state index is 0.144. The van der Waals surface area contributed by atoms with Gasteiger partial charge in [-0.2, -0.15) is 0 Å². The number of aromatic hydroxyl groups is 1. The molecule has 0 spiro atoms. The molecule has 2 aromatic rings. The highest BCUT2D eigenvalue weighted by atomic mass is 19.1. The molecule has 0 saturated carbocycles. The number of phenolic OH excluding ortho intramolecular Hbond substituents is 1. The van der Waals surface area contributed by atoms with E-state index >= 15 is 0 Å². The third-order valence-corrected chi connectivity index (χ3v) is 2.54. The number of amides is 1. The Labute approximate surface area is 108 Å². The summed E-state index contributed by atoms with van der Waals surface area (Å²) in [5.41, 5.74) is 0.468. The van der Waals surface area contributed by atoms with Crippen LogP contribution < -0.4 is 5.32 Å². The van der Waals surface area contributed by atoms with Crippen LogP contribution in [0.15, 0.2) is 42.5 Å². The third-order valence-electron chi connectivity index (χ3n) is 2.54. The quantitative estimate of drug-likeness (QED) is 0.836. The molecule has 2 aromatic carbocycles. The van der Waals surface area contributed by atoms with Gasteiger partial charge in [0.2, 0.25) is 5.91 Å². The Morgan fingerprint density at radius 3 is 2.53 bits per heavy atom. The summed E-state index contributed by atoms with van der Waals surface area (Å²) in [5, 5.41) is 11.4. The first kappa shape index (κ1) is 13.0. The molecule has 1 amide bonds. The molecule has 0 aliphatic heterocycles. The van der Waals surface area contributed by atoms with Crippen molar-refractivity contribution in [3.8, 4) is 5.75 Å². The van der Waals surface area contributed by atoms with Gasteiger partial charge >= 0.3 is 0 Å². The molecule has 19 heavy (non-hydrogen) atoms. The molecule has 3 nitrogen and oxygen atoms in total. The summed E-state index contributed by atoms with van der Waals surface area (Å²) in [5.74, 6) is -2.25. The minimum atomic E-state index is -0.830. The fourth-order valence-corrected chi connectivity index (χ4v) is 1.60. The molecule has 5 heteroatoms. The number of rotatable bonds is 3. The van der Waals surface area contributed by atoms with Gasteiger partial charge in [0.05, 0.1) is 6.42 Å². The second-order valence-corrected chi connectivity index (χ2v) is 3.98. The van der Waals surface area contributed by atoms with Gasteiger partial charge in [0.25, 0.3) is 0 Å². The molecule has 0 atom stereocenters. The highest BCUT2D eigenvalue weighted by Gasteiger charge is 2.09. The first-order chi connectivity index (χ1) is 9.06. The van der Waals surface area contributed by atoms with Crippen LogP contribution in [0.1, 0.15) is 5.56 Å². The van der Waals surface area contributed by atoms with Gasteiger partial charge in [0.15, 0.2) is 11.6 Å². The predicted molar refractivity (Wildman–Crippen MR) is 66.8 cm³/mol. The van der Waals surface area contributed by atoms with Gasteiger partial charge in [-0.25, -0.2) is 8.78 Å². The average molecular weight is 263 g/mol. The van der Waals surface area contributed by atoms with E-state index in [0.29, 0.717) is 0 Å². The number of halogens is 2. The van der Waals surface area contributed by atoms with E-state index < -0.39 is 23.3 Å². The van der Waals surface area contributed by atoms with Crippen LogP contribution in [-0.2, 0) is 11.2 Å². The van der Waals surface area contributed by atoms with Crippen LogP contribution in [0, 0.1) is 11.6 Å². The van der Waals surface area contributed by atoms with E-state index in [9.17, 15) is 13.6 Å². The van der Waals surface area contributed by atoms with E-state index in [1.807, 2.05) is 0 Å². The molecule has 98 valence electrons. The highest BCUT2D eigenvalue weighted by molar-refractivity contribution is 5.92. The summed E-state index contributed by atoms with van der Waals surface area (Å²) in [4.78, 5) is 11.7. The number of benzene rings is 2. The van der Waals surface area contributed by atoms with E-state index in [1.54, 1.807) is 6.07 Å². The van der Waals surface area contributed by atoms with E-state index in [-0.39, 0.29) is 17.7 Å². The summed E-state index contributed by atoms with van der Waals surface area (Å²) >= 11 is 0. The molecule has 0 saturated heterocycles. The van der Waals surface area contributed by atoms with Crippen molar-refractivity contribution in [1.82, 2.24) is 0 Å². The van der Waals surface area contributed by atoms with E-state index in [1.165, 1.54) is 24.3 Å². The Hall–Kier alpha value is -2.43. The zero-order valence-electron chi connectivity index (χ0n) is 9.86. The highest BCUT2D eigenvalue weighted by Crippen LogP contribution is 2.19. The first-order valence-corrected chi connectivity index (χ1v) is 5.58. The molecule has 0 bridgehead atoms. The zero-order chi connectivity index (χ0) is 13.8. The Morgan fingerprint density at radius 2 is 1.84 bits per heavy atom. The monoisotopic (exact) mass is 263 g/mol. The lowest BCUT2D eigenvalue weighted by atomic mass is 10.1. The summed E-state index contributed by atoms with van der Waals surface area (Å²) < 4.78 is 26.4. The molecule has 0 aromatic heterocycles. The SMILES string of the molecule is O=C(Cc1ccccc1F)Nc1ccc(O)c(F)c1. The van der Waals surface area contributed by atoms with Gasteiger partial charge in [-0.1, -0.05) is 18.2 Å². The van der Waals surface area contributed by atoms with Gasteiger partial charge < -0.3 is 10.4 Å².